The van der Waals surface area contributed by atoms with Crippen molar-refractivity contribution in [1.29, 1.82) is 0 Å². The van der Waals surface area contributed by atoms with Gasteiger partial charge in [-0.25, -0.2) is 0 Å². The molecule has 0 spiro atoms. The smallest absolute Gasteiger partial charge is 0.254 e. The maximum Gasteiger partial charge on any atom is 0.254 e. The summed E-state index contributed by atoms with van der Waals surface area (Å²) in [4.78, 5) is 13.3. The molecule has 0 radical (unpaired) electrons. The van der Waals surface area contributed by atoms with E-state index in [0.717, 1.165) is 9.32 Å². The van der Waals surface area contributed by atoms with Crippen LogP contribution in [-0.4, -0.2) is 32.0 Å². The van der Waals surface area contributed by atoms with Crippen LogP contribution < -0.4 is 4.74 Å². The normalized spacial score (nSPS) is 9.71. The molecule has 0 N–H and O–H groups in total. The van der Waals surface area contributed by atoms with Crippen LogP contribution in [0.25, 0.3) is 0 Å². The predicted octanol–water partition coefficient (Wildman–Crippen LogP) is 2.00. The first-order valence-corrected chi connectivity index (χ1v) is 5.20. The Morgan fingerprint density at radius 1 is 1.43 bits per heavy atom. The molecule has 0 aliphatic carbocycles. The standard InChI is InChI=1S/C10H12INO2/c1-12(2)10(13)7-5-4-6-8(14-3)9(7)11/h4-6H,1-3H3. The highest BCUT2D eigenvalue weighted by Crippen LogP contribution is 2.24. The van der Waals surface area contributed by atoms with Crippen LogP contribution >= 0.6 is 22.6 Å². The van der Waals surface area contributed by atoms with E-state index in [-0.39, 0.29) is 5.91 Å². The fourth-order valence-corrected chi connectivity index (χ4v) is 1.89. The van der Waals surface area contributed by atoms with Gasteiger partial charge in [0.2, 0.25) is 0 Å². The van der Waals surface area contributed by atoms with Gasteiger partial charge >= 0.3 is 0 Å². The Morgan fingerprint density at radius 2 is 2.07 bits per heavy atom. The number of hydrogen-bond donors (Lipinski definition) is 0. The molecule has 1 aromatic carbocycles. The van der Waals surface area contributed by atoms with Crippen LogP contribution in [0.1, 0.15) is 10.4 Å². The average molecular weight is 305 g/mol. The number of carbonyl (C=O) groups is 1. The van der Waals surface area contributed by atoms with Crippen LogP contribution in [-0.2, 0) is 0 Å². The minimum Gasteiger partial charge on any atom is -0.496 e. The van der Waals surface area contributed by atoms with Crippen molar-refractivity contribution < 1.29 is 9.53 Å². The van der Waals surface area contributed by atoms with E-state index in [0.29, 0.717) is 5.56 Å². The number of methoxy groups -OCH3 is 1. The van der Waals surface area contributed by atoms with Crippen molar-refractivity contribution in [1.82, 2.24) is 4.90 Å². The van der Waals surface area contributed by atoms with E-state index in [1.54, 1.807) is 32.2 Å². The van der Waals surface area contributed by atoms with Gasteiger partial charge in [0.1, 0.15) is 5.75 Å². The average Bonchev–Trinajstić information content (AvgIpc) is 2.17. The van der Waals surface area contributed by atoms with Gasteiger partial charge in [-0.2, -0.15) is 0 Å². The molecule has 0 heterocycles. The van der Waals surface area contributed by atoms with Crippen molar-refractivity contribution >= 4 is 28.5 Å². The van der Waals surface area contributed by atoms with Crippen molar-refractivity contribution in [3.8, 4) is 5.75 Å². The quantitative estimate of drug-likeness (QED) is 0.782. The zero-order chi connectivity index (χ0) is 10.7. The molecule has 0 aliphatic heterocycles. The van der Waals surface area contributed by atoms with E-state index in [4.69, 9.17) is 4.74 Å². The SMILES string of the molecule is COc1cccc(C(=O)N(C)C)c1I. The molecule has 0 aliphatic rings. The fourth-order valence-electron chi connectivity index (χ4n) is 1.07. The molecule has 0 unspecified atom stereocenters. The second kappa shape index (κ2) is 4.63. The lowest BCUT2D eigenvalue weighted by Gasteiger charge is -2.13. The van der Waals surface area contributed by atoms with Gasteiger partial charge in [-0.1, -0.05) is 6.07 Å². The van der Waals surface area contributed by atoms with E-state index >= 15 is 0 Å². The van der Waals surface area contributed by atoms with E-state index in [9.17, 15) is 4.79 Å². The lowest BCUT2D eigenvalue weighted by Crippen LogP contribution is -2.22. The molecule has 0 fully saturated rings. The molecular formula is C10H12INO2. The number of benzene rings is 1. The summed E-state index contributed by atoms with van der Waals surface area (Å²) in [5.74, 6) is 0.728. The van der Waals surface area contributed by atoms with Crippen molar-refractivity contribution in [2.75, 3.05) is 21.2 Å². The highest BCUT2D eigenvalue weighted by atomic mass is 127. The number of halogens is 1. The first-order valence-electron chi connectivity index (χ1n) is 4.12. The summed E-state index contributed by atoms with van der Waals surface area (Å²) in [6, 6.07) is 5.46. The van der Waals surface area contributed by atoms with E-state index in [2.05, 4.69) is 22.6 Å². The monoisotopic (exact) mass is 305 g/mol. The lowest BCUT2D eigenvalue weighted by atomic mass is 10.2. The van der Waals surface area contributed by atoms with Crippen LogP contribution in [0.3, 0.4) is 0 Å². The highest BCUT2D eigenvalue weighted by Gasteiger charge is 2.14. The van der Waals surface area contributed by atoms with Gasteiger partial charge in [0, 0.05) is 14.1 Å². The molecule has 14 heavy (non-hydrogen) atoms. The maximum absolute atomic E-state index is 11.7. The molecule has 0 saturated carbocycles. The Hall–Kier alpha value is -0.780. The summed E-state index contributed by atoms with van der Waals surface area (Å²) in [6.45, 7) is 0. The van der Waals surface area contributed by atoms with Gasteiger partial charge in [0.15, 0.2) is 0 Å². The third kappa shape index (κ3) is 2.17. The molecule has 3 nitrogen and oxygen atoms in total. The summed E-state index contributed by atoms with van der Waals surface area (Å²) in [5, 5.41) is 0. The van der Waals surface area contributed by atoms with Crippen molar-refractivity contribution in [2.45, 2.75) is 0 Å². The lowest BCUT2D eigenvalue weighted by molar-refractivity contribution is 0.0826. The van der Waals surface area contributed by atoms with Crippen LogP contribution in [0.4, 0.5) is 0 Å². The third-order valence-electron chi connectivity index (χ3n) is 1.82. The molecule has 1 amide bonds. The molecule has 1 rings (SSSR count). The van der Waals surface area contributed by atoms with Crippen LogP contribution in [0.2, 0.25) is 0 Å². The number of carbonyl (C=O) groups excluding carboxylic acids is 1. The fraction of sp³-hybridized carbons (Fsp3) is 0.300. The first-order chi connectivity index (χ1) is 6.57. The molecule has 4 heteroatoms. The minimum absolute atomic E-state index is 0.00620. The second-order valence-corrected chi connectivity index (χ2v) is 4.10. The summed E-state index contributed by atoms with van der Waals surface area (Å²) < 4.78 is 5.99. The maximum atomic E-state index is 11.7. The molecule has 0 saturated heterocycles. The number of rotatable bonds is 2. The zero-order valence-corrected chi connectivity index (χ0v) is 10.5. The number of hydrogen-bond acceptors (Lipinski definition) is 2. The summed E-state index contributed by atoms with van der Waals surface area (Å²) in [7, 11) is 5.07. The molecule has 1 aromatic rings. The van der Waals surface area contributed by atoms with E-state index in [1.807, 2.05) is 12.1 Å². The van der Waals surface area contributed by atoms with Crippen molar-refractivity contribution in [2.24, 2.45) is 0 Å². The molecule has 0 aromatic heterocycles. The summed E-state index contributed by atoms with van der Waals surface area (Å²) in [6.07, 6.45) is 0. The summed E-state index contributed by atoms with van der Waals surface area (Å²) >= 11 is 2.12. The van der Waals surface area contributed by atoms with Gasteiger partial charge in [0.05, 0.1) is 16.2 Å². The Bertz CT molecular complexity index is 350. The van der Waals surface area contributed by atoms with Gasteiger partial charge in [-0.3, -0.25) is 4.79 Å². The first kappa shape index (κ1) is 11.3. The largest absolute Gasteiger partial charge is 0.496 e. The van der Waals surface area contributed by atoms with Crippen molar-refractivity contribution in [3.63, 3.8) is 0 Å². The van der Waals surface area contributed by atoms with Gasteiger partial charge in [-0.05, 0) is 34.7 Å². The topological polar surface area (TPSA) is 29.5 Å². The number of nitrogens with zero attached hydrogens (tertiary/aromatic N) is 1. The number of ether oxygens (including phenoxy) is 1. The van der Waals surface area contributed by atoms with E-state index < -0.39 is 0 Å². The third-order valence-corrected chi connectivity index (χ3v) is 2.93. The van der Waals surface area contributed by atoms with Crippen LogP contribution in [0.5, 0.6) is 5.75 Å². The minimum atomic E-state index is -0.00620. The summed E-state index contributed by atoms with van der Waals surface area (Å²) in [5.41, 5.74) is 0.676. The van der Waals surface area contributed by atoms with Gasteiger partial charge < -0.3 is 9.64 Å². The number of amides is 1. The zero-order valence-electron chi connectivity index (χ0n) is 8.37. The van der Waals surface area contributed by atoms with Crippen LogP contribution in [0.15, 0.2) is 18.2 Å². The Balaban J connectivity index is 3.16. The van der Waals surface area contributed by atoms with Crippen molar-refractivity contribution in [3.05, 3.63) is 27.3 Å². The predicted molar refractivity (Wildman–Crippen MR) is 63.7 cm³/mol. The van der Waals surface area contributed by atoms with E-state index in [1.165, 1.54) is 0 Å². The molecular weight excluding hydrogens is 293 g/mol. The molecule has 0 bridgehead atoms. The van der Waals surface area contributed by atoms with Crippen LogP contribution in [0, 0.1) is 3.57 Å². The molecule has 0 atom stereocenters. The highest BCUT2D eigenvalue weighted by molar-refractivity contribution is 14.1. The van der Waals surface area contributed by atoms with Gasteiger partial charge in [-0.15, -0.1) is 0 Å². The Morgan fingerprint density at radius 3 is 2.57 bits per heavy atom. The Labute approximate surface area is 97.2 Å². The molecule has 76 valence electrons. The second-order valence-electron chi connectivity index (χ2n) is 3.02. The van der Waals surface area contributed by atoms with Gasteiger partial charge in [0.25, 0.3) is 5.91 Å². The Kier molecular flexibility index (Phi) is 3.74.